The van der Waals surface area contributed by atoms with Crippen molar-refractivity contribution in [2.75, 3.05) is 10.6 Å². The van der Waals surface area contributed by atoms with Crippen LogP contribution >= 0.6 is 0 Å². The van der Waals surface area contributed by atoms with Crippen molar-refractivity contribution in [3.05, 3.63) is 35.9 Å². The van der Waals surface area contributed by atoms with Gasteiger partial charge in [-0.15, -0.1) is 0 Å². The highest BCUT2D eigenvalue weighted by molar-refractivity contribution is 6.03. The van der Waals surface area contributed by atoms with Gasteiger partial charge >= 0.3 is 12.0 Å². The van der Waals surface area contributed by atoms with Crippen LogP contribution in [0.15, 0.2) is 24.5 Å². The highest BCUT2D eigenvalue weighted by atomic mass is 16.4. The van der Waals surface area contributed by atoms with Crippen LogP contribution in [0.25, 0.3) is 0 Å². The molecule has 2 aromatic heterocycles. The summed E-state index contributed by atoms with van der Waals surface area (Å²) in [4.78, 5) is 26.5. The van der Waals surface area contributed by atoms with E-state index < -0.39 is 12.0 Å². The lowest BCUT2D eigenvalue weighted by molar-refractivity contribution is 0.0692. The molecule has 0 aliphatic heterocycles. The number of pyridine rings is 1. The number of hydrogen-bond acceptors (Lipinski definition) is 4. The number of urea groups is 1. The first-order valence-corrected chi connectivity index (χ1v) is 5.74. The first-order valence-electron chi connectivity index (χ1n) is 5.74. The molecule has 2 amide bonds. The van der Waals surface area contributed by atoms with Crippen LogP contribution in [0.1, 0.15) is 16.2 Å². The maximum atomic E-state index is 11.8. The quantitative estimate of drug-likeness (QED) is 0.785. The van der Waals surface area contributed by atoms with Crippen molar-refractivity contribution in [2.45, 2.75) is 6.92 Å². The van der Waals surface area contributed by atoms with Gasteiger partial charge in [-0.3, -0.25) is 4.68 Å². The molecular weight excluding hydrogens is 262 g/mol. The van der Waals surface area contributed by atoms with Crippen LogP contribution in [-0.4, -0.2) is 31.9 Å². The summed E-state index contributed by atoms with van der Waals surface area (Å²) in [6.07, 6.45) is 2.99. The van der Waals surface area contributed by atoms with Crippen molar-refractivity contribution in [1.29, 1.82) is 0 Å². The number of hydrogen-bond donors (Lipinski definition) is 3. The zero-order valence-corrected chi connectivity index (χ0v) is 10.9. The zero-order chi connectivity index (χ0) is 14.7. The average molecular weight is 275 g/mol. The first-order chi connectivity index (χ1) is 9.47. The SMILES string of the molecule is Cc1nn(C)cc1NC(=O)Nc1cccnc1C(=O)O. The van der Waals surface area contributed by atoms with E-state index in [1.807, 2.05) is 0 Å². The Morgan fingerprint density at radius 3 is 2.60 bits per heavy atom. The normalized spacial score (nSPS) is 10.1. The highest BCUT2D eigenvalue weighted by Crippen LogP contribution is 2.15. The maximum Gasteiger partial charge on any atom is 0.356 e. The molecule has 8 nitrogen and oxygen atoms in total. The number of nitrogens with one attached hydrogen (secondary N) is 2. The summed E-state index contributed by atoms with van der Waals surface area (Å²) < 4.78 is 1.57. The summed E-state index contributed by atoms with van der Waals surface area (Å²) in [6, 6.07) is 2.44. The Labute approximate surface area is 114 Å². The molecule has 2 heterocycles. The van der Waals surface area contributed by atoms with Crippen molar-refractivity contribution in [2.24, 2.45) is 7.05 Å². The summed E-state index contributed by atoms with van der Waals surface area (Å²) in [6.45, 7) is 1.75. The predicted molar refractivity (Wildman–Crippen MR) is 71.8 cm³/mol. The van der Waals surface area contributed by atoms with Crippen molar-refractivity contribution >= 4 is 23.4 Å². The fourth-order valence-electron chi connectivity index (χ4n) is 1.67. The average Bonchev–Trinajstić information content (AvgIpc) is 2.68. The lowest BCUT2D eigenvalue weighted by Gasteiger charge is -2.08. The number of carboxylic acids is 1. The van der Waals surface area contributed by atoms with E-state index in [4.69, 9.17) is 5.11 Å². The molecule has 0 atom stereocenters. The molecule has 0 radical (unpaired) electrons. The highest BCUT2D eigenvalue weighted by Gasteiger charge is 2.14. The predicted octanol–water partition coefficient (Wildman–Crippen LogP) is 1.47. The molecule has 0 saturated heterocycles. The summed E-state index contributed by atoms with van der Waals surface area (Å²) in [7, 11) is 1.74. The smallest absolute Gasteiger partial charge is 0.356 e. The zero-order valence-electron chi connectivity index (χ0n) is 10.9. The van der Waals surface area contributed by atoms with Crippen LogP contribution in [0.5, 0.6) is 0 Å². The number of rotatable bonds is 3. The number of aromatic nitrogens is 3. The summed E-state index contributed by atoms with van der Waals surface area (Å²) in [5, 5.41) is 18.1. The van der Waals surface area contributed by atoms with Gasteiger partial charge in [-0.25, -0.2) is 14.6 Å². The largest absolute Gasteiger partial charge is 0.476 e. The van der Waals surface area contributed by atoms with E-state index >= 15 is 0 Å². The van der Waals surface area contributed by atoms with Crippen molar-refractivity contribution in [1.82, 2.24) is 14.8 Å². The fraction of sp³-hybridized carbons (Fsp3) is 0.167. The number of nitrogens with zero attached hydrogens (tertiary/aromatic N) is 3. The van der Waals surface area contributed by atoms with Gasteiger partial charge in [0.2, 0.25) is 0 Å². The monoisotopic (exact) mass is 275 g/mol. The van der Waals surface area contributed by atoms with E-state index in [0.717, 1.165) is 0 Å². The Morgan fingerprint density at radius 1 is 1.30 bits per heavy atom. The van der Waals surface area contributed by atoms with Gasteiger partial charge in [0.1, 0.15) is 0 Å². The Bertz CT molecular complexity index is 665. The Hall–Kier alpha value is -2.90. The number of aryl methyl sites for hydroxylation is 2. The van der Waals surface area contributed by atoms with Crippen LogP contribution in [0.2, 0.25) is 0 Å². The van der Waals surface area contributed by atoms with Gasteiger partial charge in [0.05, 0.1) is 17.1 Å². The van der Waals surface area contributed by atoms with E-state index in [-0.39, 0.29) is 11.4 Å². The molecule has 8 heteroatoms. The molecule has 0 aliphatic carbocycles. The lowest BCUT2D eigenvalue weighted by Crippen LogP contribution is -2.21. The number of aromatic carboxylic acids is 1. The molecule has 2 aromatic rings. The van der Waals surface area contributed by atoms with Gasteiger partial charge in [-0.1, -0.05) is 0 Å². The van der Waals surface area contributed by atoms with Crippen LogP contribution < -0.4 is 10.6 Å². The Balaban J connectivity index is 2.13. The fourth-order valence-corrected chi connectivity index (χ4v) is 1.67. The molecule has 0 bridgehead atoms. The third kappa shape index (κ3) is 2.91. The standard InChI is InChI=1S/C12H13N5O3/c1-7-9(6-17(2)16-7)15-12(20)14-8-4-3-5-13-10(8)11(18)19/h3-6H,1-2H3,(H,18,19)(H2,14,15,20). The maximum absolute atomic E-state index is 11.8. The molecule has 2 rings (SSSR count). The van der Waals surface area contributed by atoms with E-state index in [2.05, 4.69) is 20.7 Å². The summed E-state index contributed by atoms with van der Waals surface area (Å²) in [5.41, 5.74) is 1.11. The molecule has 0 spiro atoms. The molecule has 0 aromatic carbocycles. The molecule has 104 valence electrons. The third-order valence-electron chi connectivity index (χ3n) is 2.52. The molecule has 0 unspecified atom stereocenters. The van der Waals surface area contributed by atoms with E-state index in [0.29, 0.717) is 11.4 Å². The topological polar surface area (TPSA) is 109 Å². The lowest BCUT2D eigenvalue weighted by atomic mass is 10.3. The first kappa shape index (κ1) is 13.5. The summed E-state index contributed by atoms with van der Waals surface area (Å²) in [5.74, 6) is -1.21. The van der Waals surface area contributed by atoms with E-state index in [1.165, 1.54) is 18.3 Å². The number of amides is 2. The van der Waals surface area contributed by atoms with Crippen LogP contribution in [-0.2, 0) is 7.05 Å². The minimum Gasteiger partial charge on any atom is -0.476 e. The second-order valence-corrected chi connectivity index (χ2v) is 4.09. The minimum absolute atomic E-state index is 0.124. The summed E-state index contributed by atoms with van der Waals surface area (Å²) >= 11 is 0. The van der Waals surface area contributed by atoms with Crippen LogP contribution in [0.4, 0.5) is 16.2 Å². The number of carboxylic acid groups (broad SMARTS) is 1. The Kier molecular flexibility index (Phi) is 3.65. The van der Waals surface area contributed by atoms with E-state index in [1.54, 1.807) is 24.9 Å². The third-order valence-corrected chi connectivity index (χ3v) is 2.52. The second-order valence-electron chi connectivity index (χ2n) is 4.09. The number of carbonyl (C=O) groups is 2. The minimum atomic E-state index is -1.21. The van der Waals surface area contributed by atoms with Gasteiger partial charge in [0.15, 0.2) is 5.69 Å². The molecule has 0 fully saturated rings. The molecular formula is C12H13N5O3. The van der Waals surface area contributed by atoms with Gasteiger partial charge in [0.25, 0.3) is 0 Å². The van der Waals surface area contributed by atoms with Crippen molar-refractivity contribution in [3.63, 3.8) is 0 Å². The number of anilines is 2. The van der Waals surface area contributed by atoms with Gasteiger partial charge < -0.3 is 15.7 Å². The molecule has 0 aliphatic rings. The van der Waals surface area contributed by atoms with Gasteiger partial charge in [0, 0.05) is 19.4 Å². The van der Waals surface area contributed by atoms with Gasteiger partial charge in [-0.05, 0) is 19.1 Å². The molecule has 20 heavy (non-hydrogen) atoms. The van der Waals surface area contributed by atoms with Crippen LogP contribution in [0, 0.1) is 6.92 Å². The van der Waals surface area contributed by atoms with E-state index in [9.17, 15) is 9.59 Å². The molecule has 3 N–H and O–H groups in total. The Morgan fingerprint density at radius 2 is 2.00 bits per heavy atom. The molecule has 0 saturated carbocycles. The van der Waals surface area contributed by atoms with Crippen molar-refractivity contribution in [3.8, 4) is 0 Å². The number of carbonyl (C=O) groups excluding carboxylic acids is 1. The van der Waals surface area contributed by atoms with Crippen LogP contribution in [0.3, 0.4) is 0 Å². The second kappa shape index (κ2) is 5.39. The van der Waals surface area contributed by atoms with Crippen molar-refractivity contribution < 1.29 is 14.7 Å². The van der Waals surface area contributed by atoms with Gasteiger partial charge in [-0.2, -0.15) is 5.10 Å².